The standard InChI is InChI=1S/C26H30N6O3/c1-19(21-8-10-23(11-9-21)31-26(34)30-22-5-3-2-4-6-22)29-25(33)28-18-20-7-12-24(27-17-20)32-13-15-35-16-14-32/h2-12,17,19H,13-16,18H2,1H3,(H2,28,29,33)(H2,30,31,34)/t19-/m1/s1. The van der Waals surface area contributed by atoms with Gasteiger partial charge in [0, 0.05) is 37.2 Å². The van der Waals surface area contributed by atoms with E-state index in [4.69, 9.17) is 4.74 Å². The van der Waals surface area contributed by atoms with Crippen molar-refractivity contribution in [2.24, 2.45) is 0 Å². The molecule has 0 spiro atoms. The summed E-state index contributed by atoms with van der Waals surface area (Å²) in [6, 6.07) is 19.7. The van der Waals surface area contributed by atoms with Crippen molar-refractivity contribution in [1.29, 1.82) is 0 Å². The number of nitrogens with one attached hydrogen (secondary N) is 4. The van der Waals surface area contributed by atoms with E-state index < -0.39 is 0 Å². The highest BCUT2D eigenvalue weighted by molar-refractivity contribution is 5.99. The zero-order chi connectivity index (χ0) is 24.5. The van der Waals surface area contributed by atoms with E-state index >= 15 is 0 Å². The van der Waals surface area contributed by atoms with Gasteiger partial charge in [-0.25, -0.2) is 14.6 Å². The number of carbonyl (C=O) groups is 2. The van der Waals surface area contributed by atoms with Crippen molar-refractivity contribution in [1.82, 2.24) is 15.6 Å². The van der Waals surface area contributed by atoms with Gasteiger partial charge in [-0.15, -0.1) is 0 Å². The summed E-state index contributed by atoms with van der Waals surface area (Å²) in [4.78, 5) is 31.2. The summed E-state index contributed by atoms with van der Waals surface area (Å²) < 4.78 is 5.37. The summed E-state index contributed by atoms with van der Waals surface area (Å²) in [6.07, 6.45) is 1.79. The molecule has 0 saturated carbocycles. The highest BCUT2D eigenvalue weighted by atomic mass is 16.5. The molecule has 1 fully saturated rings. The SMILES string of the molecule is C[C@@H](NC(=O)NCc1ccc(N2CCOCC2)nc1)c1ccc(NC(=O)Nc2ccccc2)cc1. The van der Waals surface area contributed by atoms with Crippen LogP contribution in [0.5, 0.6) is 0 Å². The zero-order valence-corrected chi connectivity index (χ0v) is 19.7. The summed E-state index contributed by atoms with van der Waals surface area (Å²) in [7, 11) is 0. The zero-order valence-electron chi connectivity index (χ0n) is 19.7. The Hall–Kier alpha value is -4.11. The van der Waals surface area contributed by atoms with Gasteiger partial charge in [-0.2, -0.15) is 0 Å². The quantitative estimate of drug-likeness (QED) is 0.412. The molecule has 2 heterocycles. The van der Waals surface area contributed by atoms with Gasteiger partial charge in [-0.05, 0) is 48.4 Å². The molecule has 9 heteroatoms. The van der Waals surface area contributed by atoms with Gasteiger partial charge in [0.25, 0.3) is 0 Å². The number of rotatable bonds is 7. The van der Waals surface area contributed by atoms with Gasteiger partial charge in [0.05, 0.1) is 19.3 Å². The molecule has 1 aliphatic rings. The third kappa shape index (κ3) is 7.18. The fourth-order valence-corrected chi connectivity index (χ4v) is 3.68. The van der Waals surface area contributed by atoms with Crippen molar-refractivity contribution in [3.8, 4) is 0 Å². The lowest BCUT2D eigenvalue weighted by molar-refractivity contribution is 0.122. The van der Waals surface area contributed by atoms with E-state index in [1.807, 2.05) is 61.5 Å². The second-order valence-corrected chi connectivity index (χ2v) is 8.24. The first-order valence-corrected chi connectivity index (χ1v) is 11.6. The first kappa shape index (κ1) is 24.0. The van der Waals surface area contributed by atoms with E-state index in [0.29, 0.717) is 31.1 Å². The minimum absolute atomic E-state index is 0.205. The molecule has 3 aromatic rings. The molecule has 4 amide bonds. The number of aromatic nitrogens is 1. The average molecular weight is 475 g/mol. The number of carbonyl (C=O) groups excluding carboxylic acids is 2. The number of ether oxygens (including phenoxy) is 1. The number of amides is 4. The van der Waals surface area contributed by atoms with E-state index in [2.05, 4.69) is 31.2 Å². The average Bonchev–Trinajstić information content (AvgIpc) is 2.89. The van der Waals surface area contributed by atoms with Crippen molar-refractivity contribution in [2.75, 3.05) is 41.8 Å². The van der Waals surface area contributed by atoms with Crippen LogP contribution in [-0.4, -0.2) is 43.3 Å². The Balaban J connectivity index is 1.21. The van der Waals surface area contributed by atoms with Crippen molar-refractivity contribution in [2.45, 2.75) is 19.5 Å². The molecule has 1 saturated heterocycles. The van der Waals surface area contributed by atoms with E-state index in [0.717, 1.165) is 30.0 Å². The number of morpholine rings is 1. The maximum absolute atomic E-state index is 12.4. The molecule has 9 nitrogen and oxygen atoms in total. The lowest BCUT2D eigenvalue weighted by atomic mass is 10.1. The molecule has 1 aliphatic heterocycles. The number of benzene rings is 2. The van der Waals surface area contributed by atoms with Crippen LogP contribution in [0.2, 0.25) is 0 Å². The highest BCUT2D eigenvalue weighted by Crippen LogP contribution is 2.17. The predicted octanol–water partition coefficient (Wildman–Crippen LogP) is 4.12. The van der Waals surface area contributed by atoms with Gasteiger partial charge in [0.15, 0.2) is 0 Å². The van der Waals surface area contributed by atoms with Gasteiger partial charge in [0.1, 0.15) is 5.82 Å². The summed E-state index contributed by atoms with van der Waals surface area (Å²) in [6.45, 7) is 5.39. The smallest absolute Gasteiger partial charge is 0.323 e. The number of hydrogen-bond donors (Lipinski definition) is 4. The maximum Gasteiger partial charge on any atom is 0.323 e. The Morgan fingerprint density at radius 2 is 1.60 bits per heavy atom. The minimum atomic E-state index is -0.318. The van der Waals surface area contributed by atoms with Crippen LogP contribution in [-0.2, 0) is 11.3 Å². The molecule has 0 bridgehead atoms. The lowest BCUT2D eigenvalue weighted by Gasteiger charge is -2.27. The lowest BCUT2D eigenvalue weighted by Crippen LogP contribution is -2.37. The summed E-state index contributed by atoms with van der Waals surface area (Å²) >= 11 is 0. The van der Waals surface area contributed by atoms with Crippen molar-refractivity contribution >= 4 is 29.3 Å². The largest absolute Gasteiger partial charge is 0.378 e. The van der Waals surface area contributed by atoms with E-state index in [9.17, 15) is 9.59 Å². The van der Waals surface area contributed by atoms with Crippen LogP contribution in [0.25, 0.3) is 0 Å². The molecule has 35 heavy (non-hydrogen) atoms. The molecule has 2 aromatic carbocycles. The Morgan fingerprint density at radius 3 is 2.26 bits per heavy atom. The highest BCUT2D eigenvalue weighted by Gasteiger charge is 2.13. The van der Waals surface area contributed by atoms with Crippen LogP contribution in [0.1, 0.15) is 24.1 Å². The minimum Gasteiger partial charge on any atom is -0.378 e. The molecule has 0 radical (unpaired) electrons. The van der Waals surface area contributed by atoms with Gasteiger partial charge >= 0.3 is 12.1 Å². The van der Waals surface area contributed by atoms with Crippen LogP contribution >= 0.6 is 0 Å². The van der Waals surface area contributed by atoms with Crippen LogP contribution in [0.4, 0.5) is 26.8 Å². The fourth-order valence-electron chi connectivity index (χ4n) is 3.68. The number of nitrogens with zero attached hydrogens (tertiary/aromatic N) is 2. The van der Waals surface area contributed by atoms with E-state index in [-0.39, 0.29) is 18.1 Å². The van der Waals surface area contributed by atoms with Crippen LogP contribution < -0.4 is 26.2 Å². The number of urea groups is 2. The van der Waals surface area contributed by atoms with Crippen molar-refractivity contribution in [3.63, 3.8) is 0 Å². The molecule has 182 valence electrons. The van der Waals surface area contributed by atoms with Crippen LogP contribution in [0.15, 0.2) is 72.9 Å². The molecule has 0 aliphatic carbocycles. The topological polar surface area (TPSA) is 108 Å². The van der Waals surface area contributed by atoms with Crippen LogP contribution in [0.3, 0.4) is 0 Å². The van der Waals surface area contributed by atoms with Gasteiger partial charge in [-0.1, -0.05) is 36.4 Å². The number of anilines is 3. The first-order valence-electron chi connectivity index (χ1n) is 11.6. The third-order valence-electron chi connectivity index (χ3n) is 5.65. The maximum atomic E-state index is 12.4. The molecule has 0 unspecified atom stereocenters. The second-order valence-electron chi connectivity index (χ2n) is 8.24. The van der Waals surface area contributed by atoms with Gasteiger partial charge in [-0.3, -0.25) is 0 Å². The number of para-hydroxylation sites is 1. The summed E-state index contributed by atoms with van der Waals surface area (Å²) in [5.41, 5.74) is 3.22. The first-order chi connectivity index (χ1) is 17.1. The number of pyridine rings is 1. The third-order valence-corrected chi connectivity index (χ3v) is 5.65. The molecule has 4 N–H and O–H groups in total. The van der Waals surface area contributed by atoms with E-state index in [1.54, 1.807) is 18.3 Å². The predicted molar refractivity (Wildman–Crippen MR) is 137 cm³/mol. The Morgan fingerprint density at radius 1 is 0.914 bits per heavy atom. The Bertz CT molecular complexity index is 1100. The fraction of sp³-hybridized carbons (Fsp3) is 0.269. The molecular weight excluding hydrogens is 444 g/mol. The number of hydrogen-bond acceptors (Lipinski definition) is 5. The molecule has 1 atom stereocenters. The molecular formula is C26H30N6O3. The van der Waals surface area contributed by atoms with E-state index in [1.165, 1.54) is 0 Å². The van der Waals surface area contributed by atoms with Crippen molar-refractivity contribution < 1.29 is 14.3 Å². The van der Waals surface area contributed by atoms with Crippen LogP contribution in [0, 0.1) is 0 Å². The normalized spacial score (nSPS) is 14.0. The molecule has 1 aromatic heterocycles. The summed E-state index contributed by atoms with van der Waals surface area (Å²) in [5, 5.41) is 11.4. The Labute approximate surface area is 204 Å². The summed E-state index contributed by atoms with van der Waals surface area (Å²) in [5.74, 6) is 0.922. The second kappa shape index (κ2) is 11.8. The van der Waals surface area contributed by atoms with Crippen molar-refractivity contribution in [3.05, 3.63) is 84.1 Å². The Kier molecular flexibility index (Phi) is 8.13. The van der Waals surface area contributed by atoms with Gasteiger partial charge < -0.3 is 30.9 Å². The monoisotopic (exact) mass is 474 g/mol. The molecule has 4 rings (SSSR count). The van der Waals surface area contributed by atoms with Gasteiger partial charge in [0.2, 0.25) is 0 Å².